The molecule has 0 aromatic rings. The Hall–Kier alpha value is -0.750. The Kier molecular flexibility index (Phi) is 7.12. The zero-order valence-corrected chi connectivity index (χ0v) is 11.4. The zero-order chi connectivity index (χ0) is 13.4. The van der Waals surface area contributed by atoms with E-state index in [1.807, 2.05) is 0 Å². The maximum atomic E-state index is 11.6. The molecular weight excluding hydrogens is 252 g/mol. The van der Waals surface area contributed by atoms with Crippen molar-refractivity contribution in [3.05, 3.63) is 0 Å². The predicted molar refractivity (Wildman–Crippen MR) is 72.6 cm³/mol. The number of carboxylic acid groups (broad SMARTS) is 1. The Labute approximate surface area is 112 Å². The summed E-state index contributed by atoms with van der Waals surface area (Å²) < 4.78 is 0. The first kappa shape index (κ1) is 15.3. The Balaban J connectivity index is 2.04. The average molecular weight is 274 g/mol. The van der Waals surface area contributed by atoms with Crippen molar-refractivity contribution < 1.29 is 14.7 Å². The maximum absolute atomic E-state index is 11.6. The van der Waals surface area contributed by atoms with Crippen LogP contribution in [0.4, 0.5) is 0 Å². The number of hydrogen-bond donors (Lipinski definition) is 3. The molecule has 4 N–H and O–H groups in total. The van der Waals surface area contributed by atoms with Gasteiger partial charge in [0, 0.05) is 24.0 Å². The molecule has 0 radical (unpaired) electrons. The fraction of sp³-hybridized carbons (Fsp3) is 0.833. The Bertz CT molecular complexity index is 280. The van der Waals surface area contributed by atoms with Crippen LogP contribution in [-0.2, 0) is 9.59 Å². The molecule has 18 heavy (non-hydrogen) atoms. The number of carboxylic acids is 1. The lowest BCUT2D eigenvalue weighted by atomic mass is 9.95. The number of amides is 1. The lowest BCUT2D eigenvalue weighted by molar-refractivity contribution is -0.137. The summed E-state index contributed by atoms with van der Waals surface area (Å²) in [5, 5.41) is 11.6. The van der Waals surface area contributed by atoms with Gasteiger partial charge in [-0.15, -0.1) is 0 Å². The van der Waals surface area contributed by atoms with E-state index in [-0.39, 0.29) is 5.91 Å². The molecule has 1 amide bonds. The summed E-state index contributed by atoms with van der Waals surface area (Å²) in [7, 11) is 0. The van der Waals surface area contributed by atoms with Crippen molar-refractivity contribution in [2.45, 2.75) is 50.6 Å². The van der Waals surface area contributed by atoms with Crippen LogP contribution in [0.1, 0.15) is 38.5 Å². The van der Waals surface area contributed by atoms with Gasteiger partial charge in [-0.05, 0) is 12.8 Å². The van der Waals surface area contributed by atoms with Gasteiger partial charge in [-0.25, -0.2) is 0 Å². The van der Waals surface area contributed by atoms with Crippen molar-refractivity contribution in [1.29, 1.82) is 0 Å². The second-order valence-electron chi connectivity index (χ2n) is 4.67. The van der Waals surface area contributed by atoms with Crippen LogP contribution in [0.3, 0.4) is 0 Å². The minimum atomic E-state index is -0.992. The molecule has 0 unspecified atom stereocenters. The van der Waals surface area contributed by atoms with Crippen LogP contribution in [0.25, 0.3) is 0 Å². The second-order valence-corrected chi connectivity index (χ2v) is 5.82. The molecule has 0 saturated heterocycles. The molecule has 6 heteroatoms. The lowest BCUT2D eigenvalue weighted by Gasteiger charge is -2.22. The standard InChI is InChI=1S/C12H22N2O3S/c13-10(12(16)17)8-18-7-6-11(15)14-9-4-2-1-3-5-9/h9-10H,1-8,13H2,(H,14,15)(H,16,17)/t10-/m0/s1. The van der Waals surface area contributed by atoms with Gasteiger partial charge in [0.15, 0.2) is 0 Å². The first-order valence-corrected chi connectivity index (χ1v) is 7.60. The second kappa shape index (κ2) is 8.37. The predicted octanol–water partition coefficient (Wildman–Crippen LogP) is 0.970. The van der Waals surface area contributed by atoms with Crippen LogP contribution in [-0.4, -0.2) is 40.6 Å². The zero-order valence-electron chi connectivity index (χ0n) is 10.6. The van der Waals surface area contributed by atoms with Crippen molar-refractivity contribution in [2.24, 2.45) is 5.73 Å². The maximum Gasteiger partial charge on any atom is 0.321 e. The van der Waals surface area contributed by atoms with Crippen molar-refractivity contribution >= 4 is 23.6 Å². The number of thioether (sulfide) groups is 1. The van der Waals surface area contributed by atoms with E-state index in [1.165, 1.54) is 31.0 Å². The summed E-state index contributed by atoms with van der Waals surface area (Å²) >= 11 is 1.41. The molecule has 1 aliphatic carbocycles. The fourth-order valence-electron chi connectivity index (χ4n) is 1.99. The molecule has 1 aliphatic rings. The van der Waals surface area contributed by atoms with Gasteiger partial charge < -0.3 is 16.2 Å². The smallest absolute Gasteiger partial charge is 0.321 e. The van der Waals surface area contributed by atoms with E-state index in [0.717, 1.165) is 12.8 Å². The summed E-state index contributed by atoms with van der Waals surface area (Å²) in [6.07, 6.45) is 6.29. The lowest BCUT2D eigenvalue weighted by Crippen LogP contribution is -2.36. The number of rotatable bonds is 7. The van der Waals surface area contributed by atoms with Crippen molar-refractivity contribution in [2.75, 3.05) is 11.5 Å². The van der Waals surface area contributed by atoms with Crippen LogP contribution in [0.15, 0.2) is 0 Å². The summed E-state index contributed by atoms with van der Waals surface area (Å²) in [4.78, 5) is 22.1. The van der Waals surface area contributed by atoms with E-state index in [1.54, 1.807) is 0 Å². The van der Waals surface area contributed by atoms with Crippen LogP contribution in [0.5, 0.6) is 0 Å². The monoisotopic (exact) mass is 274 g/mol. The molecule has 0 bridgehead atoms. The normalized spacial score (nSPS) is 18.3. The minimum absolute atomic E-state index is 0.0679. The van der Waals surface area contributed by atoms with Gasteiger partial charge in [-0.1, -0.05) is 19.3 Å². The van der Waals surface area contributed by atoms with Crippen LogP contribution in [0.2, 0.25) is 0 Å². The molecule has 1 fully saturated rings. The number of nitrogens with one attached hydrogen (secondary N) is 1. The fourth-order valence-corrected chi connectivity index (χ4v) is 2.89. The minimum Gasteiger partial charge on any atom is -0.480 e. The van der Waals surface area contributed by atoms with E-state index < -0.39 is 12.0 Å². The molecule has 0 heterocycles. The molecule has 5 nitrogen and oxygen atoms in total. The molecular formula is C12H22N2O3S. The summed E-state index contributed by atoms with van der Waals surface area (Å²) in [5.74, 6) is 0.0541. The highest BCUT2D eigenvalue weighted by atomic mass is 32.2. The highest BCUT2D eigenvalue weighted by Crippen LogP contribution is 2.17. The Morgan fingerprint density at radius 3 is 2.61 bits per heavy atom. The van der Waals surface area contributed by atoms with Gasteiger partial charge in [-0.3, -0.25) is 9.59 Å². The summed E-state index contributed by atoms with van der Waals surface area (Å²) in [6, 6.07) is -0.492. The molecule has 0 aromatic heterocycles. The van der Waals surface area contributed by atoms with E-state index in [0.29, 0.717) is 24.0 Å². The Morgan fingerprint density at radius 2 is 2.00 bits per heavy atom. The number of hydrogen-bond acceptors (Lipinski definition) is 4. The van der Waals surface area contributed by atoms with Crippen molar-refractivity contribution in [1.82, 2.24) is 5.32 Å². The third-order valence-electron chi connectivity index (χ3n) is 3.06. The van der Waals surface area contributed by atoms with E-state index in [4.69, 9.17) is 10.8 Å². The summed E-state index contributed by atoms with van der Waals surface area (Å²) in [6.45, 7) is 0. The first-order valence-electron chi connectivity index (χ1n) is 6.45. The number of carbonyl (C=O) groups is 2. The third kappa shape index (κ3) is 6.26. The molecule has 104 valence electrons. The van der Waals surface area contributed by atoms with Gasteiger partial charge >= 0.3 is 5.97 Å². The molecule has 0 aliphatic heterocycles. The van der Waals surface area contributed by atoms with Crippen molar-refractivity contribution in [3.8, 4) is 0 Å². The van der Waals surface area contributed by atoms with Crippen LogP contribution < -0.4 is 11.1 Å². The van der Waals surface area contributed by atoms with Crippen LogP contribution in [0, 0.1) is 0 Å². The van der Waals surface area contributed by atoms with Crippen molar-refractivity contribution in [3.63, 3.8) is 0 Å². The first-order chi connectivity index (χ1) is 8.59. The molecule has 1 rings (SSSR count). The topological polar surface area (TPSA) is 92.4 Å². The van der Waals surface area contributed by atoms with Gasteiger partial charge in [0.05, 0.1) is 0 Å². The Morgan fingerprint density at radius 1 is 1.33 bits per heavy atom. The number of nitrogens with two attached hydrogens (primary N) is 1. The van der Waals surface area contributed by atoms with E-state index in [2.05, 4.69) is 5.32 Å². The largest absolute Gasteiger partial charge is 0.480 e. The van der Waals surface area contributed by atoms with Gasteiger partial charge in [-0.2, -0.15) is 11.8 Å². The number of carbonyl (C=O) groups excluding carboxylic acids is 1. The summed E-state index contributed by atoms with van der Waals surface area (Å²) in [5.41, 5.74) is 5.36. The molecule has 1 atom stereocenters. The highest BCUT2D eigenvalue weighted by molar-refractivity contribution is 7.99. The molecule has 1 saturated carbocycles. The molecule has 0 spiro atoms. The number of aliphatic carboxylic acids is 1. The highest BCUT2D eigenvalue weighted by Gasteiger charge is 2.16. The van der Waals surface area contributed by atoms with E-state index >= 15 is 0 Å². The quantitative estimate of drug-likeness (QED) is 0.602. The third-order valence-corrected chi connectivity index (χ3v) is 4.15. The average Bonchev–Trinajstić information content (AvgIpc) is 2.35. The van der Waals surface area contributed by atoms with Gasteiger partial charge in [0.25, 0.3) is 0 Å². The van der Waals surface area contributed by atoms with Crippen LogP contribution >= 0.6 is 11.8 Å². The van der Waals surface area contributed by atoms with E-state index in [9.17, 15) is 9.59 Å². The molecule has 0 aromatic carbocycles. The van der Waals surface area contributed by atoms with Gasteiger partial charge in [0.1, 0.15) is 6.04 Å². The van der Waals surface area contributed by atoms with Gasteiger partial charge in [0.2, 0.25) is 5.91 Å². The SMILES string of the molecule is N[C@@H](CSCCC(=O)NC1CCCCC1)C(=O)O.